The van der Waals surface area contributed by atoms with E-state index in [-0.39, 0.29) is 0 Å². The molecule has 0 saturated heterocycles. The summed E-state index contributed by atoms with van der Waals surface area (Å²) in [6.07, 6.45) is 1.01. The van der Waals surface area contributed by atoms with Crippen LogP contribution in [0.5, 0.6) is 11.6 Å². The quantitative estimate of drug-likeness (QED) is 0.901. The van der Waals surface area contributed by atoms with Crippen LogP contribution in [-0.2, 0) is 0 Å². The van der Waals surface area contributed by atoms with Crippen LogP contribution in [0.1, 0.15) is 24.7 Å². The van der Waals surface area contributed by atoms with Gasteiger partial charge in [-0.05, 0) is 25.5 Å². The smallest absolute Gasteiger partial charge is 0.224 e. The molecule has 1 N–H and O–H groups in total. The highest BCUT2D eigenvalue weighted by Gasteiger charge is 2.07. The number of benzene rings is 1. The lowest BCUT2D eigenvalue weighted by Crippen LogP contribution is -2.04. The Kier molecular flexibility index (Phi) is 4.51. The van der Waals surface area contributed by atoms with Gasteiger partial charge in [0.25, 0.3) is 0 Å². The summed E-state index contributed by atoms with van der Waals surface area (Å²) in [5.74, 6) is 2.27. The molecule has 0 aliphatic carbocycles. The van der Waals surface area contributed by atoms with E-state index in [0.717, 1.165) is 18.8 Å². The van der Waals surface area contributed by atoms with Gasteiger partial charge in [0.2, 0.25) is 5.88 Å². The largest absolute Gasteiger partial charge is 0.437 e. The van der Waals surface area contributed by atoms with E-state index >= 15 is 0 Å². The lowest BCUT2D eigenvalue weighted by atomic mass is 10.2. The Morgan fingerprint density at radius 3 is 2.85 bits per heavy atom. The molecule has 1 aromatic carbocycles. The predicted octanol–water partition coefficient (Wildman–Crippen LogP) is 3.27. The number of anilines is 1. The van der Waals surface area contributed by atoms with Gasteiger partial charge in [-0.2, -0.15) is 10.2 Å². The fourth-order valence-electron chi connectivity index (χ4n) is 1.70. The average molecular weight is 268 g/mol. The van der Waals surface area contributed by atoms with Crippen LogP contribution in [0.2, 0.25) is 0 Å². The van der Waals surface area contributed by atoms with Crippen molar-refractivity contribution in [3.8, 4) is 17.7 Å². The van der Waals surface area contributed by atoms with Crippen LogP contribution in [0.25, 0.3) is 0 Å². The zero-order chi connectivity index (χ0) is 14.4. The first-order valence-corrected chi connectivity index (χ1v) is 6.49. The minimum Gasteiger partial charge on any atom is -0.437 e. The lowest BCUT2D eigenvalue weighted by Gasteiger charge is -2.09. The molecule has 102 valence electrons. The molecule has 0 atom stereocenters. The van der Waals surface area contributed by atoms with Gasteiger partial charge in [0.15, 0.2) is 0 Å². The Bertz CT molecular complexity index is 634. The summed E-state index contributed by atoms with van der Waals surface area (Å²) in [5.41, 5.74) is 0.479. The average Bonchev–Trinajstić information content (AvgIpc) is 2.45. The molecule has 5 heteroatoms. The summed E-state index contributed by atoms with van der Waals surface area (Å²) < 4.78 is 5.69. The summed E-state index contributed by atoms with van der Waals surface area (Å²) in [6, 6.07) is 10.9. The molecular formula is C15H16N4O. The molecular weight excluding hydrogens is 252 g/mol. The molecule has 5 nitrogen and oxygen atoms in total. The summed E-state index contributed by atoms with van der Waals surface area (Å²) in [7, 11) is 0. The SMILES string of the molecule is CCCNc1cc(Oc2ccccc2C#N)nc(C)n1. The molecule has 0 aliphatic rings. The summed E-state index contributed by atoms with van der Waals surface area (Å²) in [4.78, 5) is 8.52. The molecule has 2 aromatic rings. The summed E-state index contributed by atoms with van der Waals surface area (Å²) in [5, 5.41) is 12.2. The van der Waals surface area contributed by atoms with E-state index in [1.54, 1.807) is 31.2 Å². The fraction of sp³-hybridized carbons (Fsp3) is 0.267. The van der Waals surface area contributed by atoms with Crippen molar-refractivity contribution in [1.29, 1.82) is 5.26 Å². The van der Waals surface area contributed by atoms with Crippen molar-refractivity contribution < 1.29 is 4.74 Å². The minimum atomic E-state index is 0.429. The number of nitrogens with one attached hydrogen (secondary N) is 1. The topological polar surface area (TPSA) is 70.8 Å². The number of hydrogen-bond acceptors (Lipinski definition) is 5. The molecule has 2 rings (SSSR count). The van der Waals surface area contributed by atoms with Gasteiger partial charge < -0.3 is 10.1 Å². The highest BCUT2D eigenvalue weighted by Crippen LogP contribution is 2.24. The first-order valence-electron chi connectivity index (χ1n) is 6.49. The number of nitriles is 1. The number of para-hydroxylation sites is 1. The summed E-state index contributed by atoms with van der Waals surface area (Å²) in [6.45, 7) is 4.73. The fourth-order valence-corrected chi connectivity index (χ4v) is 1.70. The molecule has 1 heterocycles. The highest BCUT2D eigenvalue weighted by molar-refractivity contribution is 5.46. The third-order valence-electron chi connectivity index (χ3n) is 2.59. The molecule has 0 bridgehead atoms. The minimum absolute atomic E-state index is 0.429. The van der Waals surface area contributed by atoms with Crippen LogP contribution in [-0.4, -0.2) is 16.5 Å². The monoisotopic (exact) mass is 268 g/mol. The van der Waals surface area contributed by atoms with Crippen LogP contribution < -0.4 is 10.1 Å². The van der Waals surface area contributed by atoms with Crippen molar-refractivity contribution in [1.82, 2.24) is 9.97 Å². The first-order chi connectivity index (χ1) is 9.72. The third kappa shape index (κ3) is 3.45. The van der Waals surface area contributed by atoms with Gasteiger partial charge in [-0.1, -0.05) is 19.1 Å². The molecule has 0 aliphatic heterocycles. The van der Waals surface area contributed by atoms with E-state index in [1.165, 1.54) is 0 Å². The maximum absolute atomic E-state index is 9.05. The van der Waals surface area contributed by atoms with E-state index in [2.05, 4.69) is 28.3 Å². The molecule has 0 amide bonds. The zero-order valence-electron chi connectivity index (χ0n) is 11.6. The maximum atomic E-state index is 9.05. The normalized spacial score (nSPS) is 9.85. The number of hydrogen-bond donors (Lipinski definition) is 1. The van der Waals surface area contributed by atoms with E-state index in [0.29, 0.717) is 23.0 Å². The van der Waals surface area contributed by atoms with Gasteiger partial charge in [-0.25, -0.2) is 4.98 Å². The van der Waals surface area contributed by atoms with E-state index in [9.17, 15) is 0 Å². The van der Waals surface area contributed by atoms with Crippen LogP contribution in [0.3, 0.4) is 0 Å². The molecule has 0 fully saturated rings. The lowest BCUT2D eigenvalue weighted by molar-refractivity contribution is 0.459. The molecule has 20 heavy (non-hydrogen) atoms. The second-order valence-electron chi connectivity index (χ2n) is 4.28. The van der Waals surface area contributed by atoms with Crippen molar-refractivity contribution in [3.05, 3.63) is 41.7 Å². The van der Waals surface area contributed by atoms with Crippen molar-refractivity contribution in [2.75, 3.05) is 11.9 Å². The molecule has 0 unspecified atom stereocenters. The van der Waals surface area contributed by atoms with Crippen molar-refractivity contribution in [2.24, 2.45) is 0 Å². The second-order valence-corrected chi connectivity index (χ2v) is 4.28. The highest BCUT2D eigenvalue weighted by atomic mass is 16.5. The predicted molar refractivity (Wildman–Crippen MR) is 76.8 cm³/mol. The molecule has 0 spiro atoms. The van der Waals surface area contributed by atoms with Crippen molar-refractivity contribution in [3.63, 3.8) is 0 Å². The van der Waals surface area contributed by atoms with Gasteiger partial charge in [-0.15, -0.1) is 0 Å². The van der Waals surface area contributed by atoms with Gasteiger partial charge >= 0.3 is 0 Å². The number of aromatic nitrogens is 2. The maximum Gasteiger partial charge on any atom is 0.224 e. The second kappa shape index (κ2) is 6.53. The van der Waals surface area contributed by atoms with Crippen LogP contribution in [0.4, 0.5) is 5.82 Å². The molecule has 0 saturated carbocycles. The number of rotatable bonds is 5. The van der Waals surface area contributed by atoms with Crippen LogP contribution >= 0.6 is 0 Å². The summed E-state index contributed by atoms with van der Waals surface area (Å²) >= 11 is 0. The zero-order valence-corrected chi connectivity index (χ0v) is 11.6. The Balaban J connectivity index is 2.25. The Labute approximate surface area is 118 Å². The number of aryl methyl sites for hydroxylation is 1. The Hall–Kier alpha value is -2.61. The third-order valence-corrected chi connectivity index (χ3v) is 2.59. The van der Waals surface area contributed by atoms with Crippen molar-refractivity contribution >= 4 is 5.82 Å². The van der Waals surface area contributed by atoms with Gasteiger partial charge in [0, 0.05) is 12.6 Å². The van der Waals surface area contributed by atoms with Crippen LogP contribution in [0, 0.1) is 18.3 Å². The van der Waals surface area contributed by atoms with Crippen molar-refractivity contribution in [2.45, 2.75) is 20.3 Å². The van der Waals surface area contributed by atoms with E-state index in [4.69, 9.17) is 10.00 Å². The number of ether oxygens (including phenoxy) is 1. The van der Waals surface area contributed by atoms with Gasteiger partial charge in [-0.3, -0.25) is 0 Å². The molecule has 0 radical (unpaired) electrons. The van der Waals surface area contributed by atoms with E-state index < -0.39 is 0 Å². The standard InChI is InChI=1S/C15H16N4O/c1-3-8-17-14-9-15(19-11(2)18-14)20-13-7-5-4-6-12(13)10-16/h4-7,9H,3,8H2,1-2H3,(H,17,18,19). The first kappa shape index (κ1) is 13.8. The van der Waals surface area contributed by atoms with Gasteiger partial charge in [0.05, 0.1) is 5.56 Å². The van der Waals surface area contributed by atoms with Crippen LogP contribution in [0.15, 0.2) is 30.3 Å². The Morgan fingerprint density at radius 2 is 2.10 bits per heavy atom. The Morgan fingerprint density at radius 1 is 1.30 bits per heavy atom. The number of nitrogens with zero attached hydrogens (tertiary/aromatic N) is 3. The van der Waals surface area contributed by atoms with Gasteiger partial charge in [0.1, 0.15) is 23.5 Å². The van der Waals surface area contributed by atoms with E-state index in [1.807, 2.05) is 6.07 Å². The molecule has 1 aromatic heterocycles.